The Morgan fingerprint density at radius 1 is 1.47 bits per heavy atom. The molecule has 2 rings (SSSR count). The number of nitrogens with one attached hydrogen (secondary N) is 1. The third-order valence-electron chi connectivity index (χ3n) is 2.42. The highest BCUT2D eigenvalue weighted by molar-refractivity contribution is 7.10. The van der Waals surface area contributed by atoms with Gasteiger partial charge < -0.3 is 5.32 Å². The normalized spacial score (nSPS) is 12.4. The van der Waals surface area contributed by atoms with Gasteiger partial charge >= 0.3 is 0 Å². The minimum Gasteiger partial charge on any atom is -0.362 e. The Morgan fingerprint density at radius 3 is 3.00 bits per heavy atom. The monoisotopic (exact) mass is 267 g/mol. The summed E-state index contributed by atoms with van der Waals surface area (Å²) < 4.78 is 0. The first-order valence-electron chi connectivity index (χ1n) is 5.57. The van der Waals surface area contributed by atoms with Crippen LogP contribution >= 0.6 is 22.9 Å². The van der Waals surface area contributed by atoms with Crippen LogP contribution in [0.1, 0.15) is 30.7 Å². The highest BCUT2D eigenvalue weighted by atomic mass is 35.5. The van der Waals surface area contributed by atoms with E-state index in [2.05, 4.69) is 39.7 Å². The molecule has 0 aromatic carbocycles. The number of halogens is 1. The highest BCUT2D eigenvalue weighted by Crippen LogP contribution is 2.27. The number of hydrogen-bond donors (Lipinski definition) is 1. The lowest BCUT2D eigenvalue weighted by atomic mass is 10.1. The molecule has 0 radical (unpaired) electrons. The summed E-state index contributed by atoms with van der Waals surface area (Å²) in [6, 6.07) is 6.25. The largest absolute Gasteiger partial charge is 0.362 e. The van der Waals surface area contributed by atoms with Crippen molar-refractivity contribution in [3.63, 3.8) is 0 Å². The van der Waals surface area contributed by atoms with Crippen LogP contribution in [0.2, 0.25) is 5.15 Å². The molecule has 5 heteroatoms. The van der Waals surface area contributed by atoms with Gasteiger partial charge in [-0.05, 0) is 17.9 Å². The van der Waals surface area contributed by atoms with Gasteiger partial charge in [-0.25, -0.2) is 9.97 Å². The quantitative estimate of drug-likeness (QED) is 0.827. The third kappa shape index (κ3) is 3.41. The standard InChI is InChI=1S/C12H14ClN3S/c1-2-4-9(10-5-3-6-17-10)16-12-7-11(13)14-8-15-12/h3,5-9H,2,4H2,1H3,(H,14,15,16). The Morgan fingerprint density at radius 2 is 2.35 bits per heavy atom. The van der Waals surface area contributed by atoms with E-state index in [9.17, 15) is 0 Å². The number of nitrogens with zero attached hydrogens (tertiary/aromatic N) is 2. The smallest absolute Gasteiger partial charge is 0.134 e. The first kappa shape index (κ1) is 12.3. The second kappa shape index (κ2) is 5.98. The first-order valence-corrected chi connectivity index (χ1v) is 6.83. The molecule has 0 saturated heterocycles. The summed E-state index contributed by atoms with van der Waals surface area (Å²) in [5.74, 6) is 0.775. The molecule has 0 amide bonds. The molecule has 1 N–H and O–H groups in total. The van der Waals surface area contributed by atoms with Crippen molar-refractivity contribution >= 4 is 28.8 Å². The summed E-state index contributed by atoms with van der Waals surface area (Å²) in [5.41, 5.74) is 0. The molecule has 0 aliphatic heterocycles. The lowest BCUT2D eigenvalue weighted by molar-refractivity contribution is 0.684. The maximum atomic E-state index is 5.84. The van der Waals surface area contributed by atoms with Crippen molar-refractivity contribution in [2.45, 2.75) is 25.8 Å². The average molecular weight is 268 g/mol. The van der Waals surface area contributed by atoms with Gasteiger partial charge in [0.2, 0.25) is 0 Å². The van der Waals surface area contributed by atoms with Gasteiger partial charge in [0.05, 0.1) is 6.04 Å². The Balaban J connectivity index is 2.13. The maximum absolute atomic E-state index is 5.84. The average Bonchev–Trinajstić information content (AvgIpc) is 2.82. The zero-order valence-electron chi connectivity index (χ0n) is 9.56. The molecule has 0 fully saturated rings. The number of aromatic nitrogens is 2. The number of anilines is 1. The summed E-state index contributed by atoms with van der Waals surface area (Å²) in [5, 5.41) is 5.95. The van der Waals surface area contributed by atoms with Gasteiger partial charge in [0.15, 0.2) is 0 Å². The van der Waals surface area contributed by atoms with E-state index < -0.39 is 0 Å². The van der Waals surface area contributed by atoms with Crippen molar-refractivity contribution in [1.29, 1.82) is 0 Å². The lowest BCUT2D eigenvalue weighted by Crippen LogP contribution is -2.10. The van der Waals surface area contributed by atoms with E-state index in [1.165, 1.54) is 11.2 Å². The van der Waals surface area contributed by atoms with E-state index in [1.54, 1.807) is 17.4 Å². The predicted octanol–water partition coefficient (Wildman–Crippen LogP) is 4.14. The topological polar surface area (TPSA) is 37.8 Å². The van der Waals surface area contributed by atoms with Crippen molar-refractivity contribution in [2.24, 2.45) is 0 Å². The highest BCUT2D eigenvalue weighted by Gasteiger charge is 2.12. The second-order valence-corrected chi connectivity index (χ2v) is 5.09. The molecule has 0 aliphatic carbocycles. The fourth-order valence-corrected chi connectivity index (χ4v) is 2.61. The van der Waals surface area contributed by atoms with Crippen molar-refractivity contribution < 1.29 is 0 Å². The van der Waals surface area contributed by atoms with Crippen molar-refractivity contribution in [3.8, 4) is 0 Å². The molecule has 2 aromatic rings. The van der Waals surface area contributed by atoms with E-state index in [4.69, 9.17) is 11.6 Å². The summed E-state index contributed by atoms with van der Waals surface area (Å²) in [7, 11) is 0. The van der Waals surface area contributed by atoms with E-state index >= 15 is 0 Å². The number of thiophene rings is 1. The molecule has 3 nitrogen and oxygen atoms in total. The molecule has 1 atom stereocenters. The predicted molar refractivity (Wildman–Crippen MR) is 72.6 cm³/mol. The third-order valence-corrected chi connectivity index (χ3v) is 3.61. The summed E-state index contributed by atoms with van der Waals surface area (Å²) in [6.45, 7) is 2.18. The van der Waals surface area contributed by atoms with E-state index in [1.807, 2.05) is 0 Å². The SMILES string of the molecule is CCCC(Nc1cc(Cl)ncn1)c1cccs1. The van der Waals surface area contributed by atoms with E-state index in [0.717, 1.165) is 18.7 Å². The van der Waals surface area contributed by atoms with Gasteiger partial charge in [-0.2, -0.15) is 0 Å². The fraction of sp³-hybridized carbons (Fsp3) is 0.333. The van der Waals surface area contributed by atoms with Crippen molar-refractivity contribution in [2.75, 3.05) is 5.32 Å². The second-order valence-electron chi connectivity index (χ2n) is 3.73. The molecule has 90 valence electrons. The first-order chi connectivity index (χ1) is 8.29. The minimum absolute atomic E-state index is 0.297. The fourth-order valence-electron chi connectivity index (χ4n) is 1.65. The van der Waals surface area contributed by atoms with Gasteiger partial charge in [-0.15, -0.1) is 11.3 Å². The van der Waals surface area contributed by atoms with Gasteiger partial charge in [0.25, 0.3) is 0 Å². The Bertz CT molecular complexity index is 459. The zero-order chi connectivity index (χ0) is 12.1. The Kier molecular flexibility index (Phi) is 4.34. The molecular weight excluding hydrogens is 254 g/mol. The van der Waals surface area contributed by atoms with Gasteiger partial charge in [-0.3, -0.25) is 0 Å². The van der Waals surface area contributed by atoms with Crippen LogP contribution < -0.4 is 5.32 Å². The number of rotatable bonds is 5. The molecule has 2 aromatic heterocycles. The number of hydrogen-bond acceptors (Lipinski definition) is 4. The van der Waals surface area contributed by atoms with Crippen LogP contribution in [-0.2, 0) is 0 Å². The van der Waals surface area contributed by atoms with Crippen LogP contribution in [0.25, 0.3) is 0 Å². The van der Waals surface area contributed by atoms with Crippen LogP contribution in [0.15, 0.2) is 29.9 Å². The lowest BCUT2D eigenvalue weighted by Gasteiger charge is -2.17. The van der Waals surface area contributed by atoms with Gasteiger partial charge in [-0.1, -0.05) is 31.0 Å². The van der Waals surface area contributed by atoms with Crippen molar-refractivity contribution in [1.82, 2.24) is 9.97 Å². The summed E-state index contributed by atoms with van der Waals surface area (Å²) in [6.07, 6.45) is 3.67. The minimum atomic E-state index is 0.297. The van der Waals surface area contributed by atoms with Crippen LogP contribution in [0.3, 0.4) is 0 Å². The Hall–Kier alpha value is -1.13. The molecule has 2 heterocycles. The molecule has 0 spiro atoms. The summed E-state index contributed by atoms with van der Waals surface area (Å²) in [4.78, 5) is 9.36. The molecule has 0 bridgehead atoms. The van der Waals surface area contributed by atoms with Crippen LogP contribution in [0.4, 0.5) is 5.82 Å². The molecule has 1 unspecified atom stereocenters. The van der Waals surface area contributed by atoms with E-state index in [0.29, 0.717) is 11.2 Å². The van der Waals surface area contributed by atoms with Gasteiger partial charge in [0, 0.05) is 10.9 Å². The van der Waals surface area contributed by atoms with Crippen LogP contribution in [0.5, 0.6) is 0 Å². The maximum Gasteiger partial charge on any atom is 0.134 e. The van der Waals surface area contributed by atoms with Crippen molar-refractivity contribution in [3.05, 3.63) is 39.9 Å². The van der Waals surface area contributed by atoms with Crippen LogP contribution in [-0.4, -0.2) is 9.97 Å². The van der Waals surface area contributed by atoms with Crippen LogP contribution in [0, 0.1) is 0 Å². The molecule has 17 heavy (non-hydrogen) atoms. The molecular formula is C12H14ClN3S. The Labute approximate surface area is 110 Å². The molecule has 0 aliphatic rings. The molecule has 0 saturated carbocycles. The summed E-state index contributed by atoms with van der Waals surface area (Å²) >= 11 is 7.60. The van der Waals surface area contributed by atoms with E-state index in [-0.39, 0.29) is 0 Å². The zero-order valence-corrected chi connectivity index (χ0v) is 11.1. The van der Waals surface area contributed by atoms with Gasteiger partial charge in [0.1, 0.15) is 17.3 Å².